The highest BCUT2D eigenvalue weighted by atomic mass is 16.5. The predicted octanol–water partition coefficient (Wildman–Crippen LogP) is 1.37. The SMILES string of the molecule is CCN(C(=O)CN1CCOC(c2nncn2C)C1)C1CCCCC1. The Kier molecular flexibility index (Phi) is 5.84. The molecule has 0 aromatic carbocycles. The Morgan fingerprint density at radius 3 is 2.83 bits per heavy atom. The van der Waals surface area contributed by atoms with E-state index in [-0.39, 0.29) is 12.0 Å². The molecule has 0 N–H and O–H groups in total. The average molecular weight is 335 g/mol. The van der Waals surface area contributed by atoms with Gasteiger partial charge in [0.2, 0.25) is 5.91 Å². The van der Waals surface area contributed by atoms with E-state index in [0.29, 0.717) is 25.7 Å². The van der Waals surface area contributed by atoms with Crippen LogP contribution >= 0.6 is 0 Å². The van der Waals surface area contributed by atoms with E-state index >= 15 is 0 Å². The van der Waals surface area contributed by atoms with E-state index in [2.05, 4.69) is 26.9 Å². The minimum Gasteiger partial charge on any atom is -0.368 e. The molecule has 0 radical (unpaired) electrons. The standard InChI is InChI=1S/C17H29N5O2/c1-3-22(14-7-5-4-6-8-14)16(23)12-21-9-10-24-15(11-21)17-19-18-13-20(17)2/h13-15H,3-12H2,1-2H3. The van der Waals surface area contributed by atoms with E-state index < -0.39 is 0 Å². The van der Waals surface area contributed by atoms with Gasteiger partial charge in [-0.3, -0.25) is 9.69 Å². The molecule has 1 saturated heterocycles. The fraction of sp³-hybridized carbons (Fsp3) is 0.824. The maximum atomic E-state index is 12.8. The van der Waals surface area contributed by atoms with Gasteiger partial charge in [-0.05, 0) is 19.8 Å². The van der Waals surface area contributed by atoms with Crippen molar-refractivity contribution in [2.24, 2.45) is 7.05 Å². The number of nitrogens with zero attached hydrogens (tertiary/aromatic N) is 5. The third-order valence-corrected chi connectivity index (χ3v) is 5.22. The molecular formula is C17H29N5O2. The van der Waals surface area contributed by atoms with Gasteiger partial charge in [-0.1, -0.05) is 19.3 Å². The predicted molar refractivity (Wildman–Crippen MR) is 90.4 cm³/mol. The second-order valence-electron chi connectivity index (χ2n) is 6.87. The molecule has 2 aliphatic rings. The Bertz CT molecular complexity index is 541. The van der Waals surface area contributed by atoms with E-state index in [1.165, 1.54) is 19.3 Å². The van der Waals surface area contributed by atoms with Gasteiger partial charge in [-0.15, -0.1) is 10.2 Å². The molecule has 24 heavy (non-hydrogen) atoms. The molecule has 0 spiro atoms. The lowest BCUT2D eigenvalue weighted by atomic mass is 9.94. The van der Waals surface area contributed by atoms with Crippen LogP contribution in [0.4, 0.5) is 0 Å². The first-order chi connectivity index (χ1) is 11.7. The summed E-state index contributed by atoms with van der Waals surface area (Å²) in [6.07, 6.45) is 7.70. The number of carbonyl (C=O) groups is 1. The van der Waals surface area contributed by atoms with Gasteiger partial charge in [0.1, 0.15) is 12.4 Å². The summed E-state index contributed by atoms with van der Waals surface area (Å²) in [4.78, 5) is 17.1. The molecule has 134 valence electrons. The highest BCUT2D eigenvalue weighted by Crippen LogP contribution is 2.24. The van der Waals surface area contributed by atoms with Crippen LogP contribution in [0.5, 0.6) is 0 Å². The maximum Gasteiger partial charge on any atom is 0.236 e. The summed E-state index contributed by atoms with van der Waals surface area (Å²) >= 11 is 0. The van der Waals surface area contributed by atoms with Crippen LogP contribution < -0.4 is 0 Å². The van der Waals surface area contributed by atoms with Gasteiger partial charge in [0, 0.05) is 32.7 Å². The van der Waals surface area contributed by atoms with Crippen molar-refractivity contribution in [3.05, 3.63) is 12.2 Å². The molecule has 3 rings (SSSR count). The van der Waals surface area contributed by atoms with Crippen LogP contribution in [0.25, 0.3) is 0 Å². The molecule has 1 atom stereocenters. The number of rotatable bonds is 5. The molecule has 1 unspecified atom stereocenters. The quantitative estimate of drug-likeness (QED) is 0.813. The summed E-state index contributed by atoms with van der Waals surface area (Å²) in [5.74, 6) is 1.08. The normalized spacial score (nSPS) is 23.3. The molecule has 1 aliphatic heterocycles. The molecule has 1 aliphatic carbocycles. The summed E-state index contributed by atoms with van der Waals surface area (Å²) < 4.78 is 7.71. The molecule has 1 aromatic heterocycles. The number of hydrogen-bond acceptors (Lipinski definition) is 5. The van der Waals surface area contributed by atoms with E-state index in [4.69, 9.17) is 4.74 Å². The molecule has 7 nitrogen and oxygen atoms in total. The third-order valence-electron chi connectivity index (χ3n) is 5.22. The minimum absolute atomic E-state index is 0.108. The summed E-state index contributed by atoms with van der Waals surface area (Å²) in [6.45, 7) is 5.49. The highest BCUT2D eigenvalue weighted by molar-refractivity contribution is 5.78. The summed E-state index contributed by atoms with van der Waals surface area (Å²) in [5.41, 5.74) is 0. The second-order valence-corrected chi connectivity index (χ2v) is 6.87. The van der Waals surface area contributed by atoms with Crippen LogP contribution in [-0.2, 0) is 16.6 Å². The first kappa shape index (κ1) is 17.4. The van der Waals surface area contributed by atoms with Gasteiger partial charge in [-0.25, -0.2) is 0 Å². The summed E-state index contributed by atoms with van der Waals surface area (Å²) in [5, 5.41) is 8.07. The van der Waals surface area contributed by atoms with E-state index in [1.807, 2.05) is 11.6 Å². The van der Waals surface area contributed by atoms with Gasteiger partial charge < -0.3 is 14.2 Å². The van der Waals surface area contributed by atoms with Crippen LogP contribution in [0, 0.1) is 0 Å². The molecule has 1 saturated carbocycles. The summed E-state index contributed by atoms with van der Waals surface area (Å²) in [7, 11) is 1.92. The zero-order chi connectivity index (χ0) is 16.9. The van der Waals surface area contributed by atoms with Crippen molar-refractivity contribution in [2.75, 3.05) is 32.8 Å². The molecule has 1 aromatic rings. The van der Waals surface area contributed by atoms with Crippen molar-refractivity contribution >= 4 is 5.91 Å². The van der Waals surface area contributed by atoms with Gasteiger partial charge in [0.25, 0.3) is 0 Å². The Hall–Kier alpha value is -1.47. The van der Waals surface area contributed by atoms with Crippen LogP contribution in [0.3, 0.4) is 0 Å². The van der Waals surface area contributed by atoms with Crippen molar-refractivity contribution < 1.29 is 9.53 Å². The van der Waals surface area contributed by atoms with E-state index in [1.54, 1.807) is 6.33 Å². The zero-order valence-corrected chi connectivity index (χ0v) is 14.9. The lowest BCUT2D eigenvalue weighted by Crippen LogP contribution is -2.49. The lowest BCUT2D eigenvalue weighted by Gasteiger charge is -2.37. The lowest BCUT2D eigenvalue weighted by molar-refractivity contribution is -0.137. The molecular weight excluding hydrogens is 306 g/mol. The van der Waals surface area contributed by atoms with Gasteiger partial charge in [0.15, 0.2) is 5.82 Å². The number of carbonyl (C=O) groups excluding carboxylic acids is 1. The number of hydrogen-bond donors (Lipinski definition) is 0. The Morgan fingerprint density at radius 1 is 1.38 bits per heavy atom. The number of ether oxygens (including phenoxy) is 1. The monoisotopic (exact) mass is 335 g/mol. The topological polar surface area (TPSA) is 63.5 Å². The first-order valence-corrected chi connectivity index (χ1v) is 9.16. The Labute approximate surface area is 144 Å². The molecule has 2 fully saturated rings. The first-order valence-electron chi connectivity index (χ1n) is 9.16. The van der Waals surface area contributed by atoms with Crippen molar-refractivity contribution in [1.29, 1.82) is 0 Å². The van der Waals surface area contributed by atoms with Crippen LogP contribution in [-0.4, -0.2) is 69.3 Å². The van der Waals surface area contributed by atoms with Crippen molar-refractivity contribution in [2.45, 2.75) is 51.2 Å². The smallest absolute Gasteiger partial charge is 0.236 e. The Morgan fingerprint density at radius 2 is 2.17 bits per heavy atom. The molecule has 7 heteroatoms. The fourth-order valence-corrected chi connectivity index (χ4v) is 3.90. The third kappa shape index (κ3) is 3.95. The number of amides is 1. The van der Waals surface area contributed by atoms with E-state index in [0.717, 1.165) is 31.8 Å². The van der Waals surface area contributed by atoms with Crippen LogP contribution in [0.1, 0.15) is 51.0 Å². The largest absolute Gasteiger partial charge is 0.368 e. The number of morpholine rings is 1. The van der Waals surface area contributed by atoms with E-state index in [9.17, 15) is 4.79 Å². The van der Waals surface area contributed by atoms with Crippen molar-refractivity contribution in [3.63, 3.8) is 0 Å². The minimum atomic E-state index is -0.108. The fourth-order valence-electron chi connectivity index (χ4n) is 3.90. The average Bonchev–Trinajstić information content (AvgIpc) is 3.03. The van der Waals surface area contributed by atoms with Crippen molar-refractivity contribution in [1.82, 2.24) is 24.6 Å². The summed E-state index contributed by atoms with van der Waals surface area (Å²) in [6, 6.07) is 0.437. The van der Waals surface area contributed by atoms with Gasteiger partial charge in [-0.2, -0.15) is 0 Å². The Balaban J connectivity index is 1.57. The molecule has 1 amide bonds. The number of likely N-dealkylation sites (N-methyl/N-ethyl adjacent to an activating group) is 1. The highest BCUT2D eigenvalue weighted by Gasteiger charge is 2.29. The van der Waals surface area contributed by atoms with Gasteiger partial charge >= 0.3 is 0 Å². The maximum absolute atomic E-state index is 12.8. The molecule has 2 heterocycles. The molecule has 0 bridgehead atoms. The number of aryl methyl sites for hydroxylation is 1. The second kappa shape index (κ2) is 8.07. The van der Waals surface area contributed by atoms with Gasteiger partial charge in [0.05, 0.1) is 13.2 Å². The number of aromatic nitrogens is 3. The van der Waals surface area contributed by atoms with Crippen LogP contribution in [0.15, 0.2) is 6.33 Å². The zero-order valence-electron chi connectivity index (χ0n) is 14.9. The van der Waals surface area contributed by atoms with Crippen LogP contribution in [0.2, 0.25) is 0 Å². The van der Waals surface area contributed by atoms with Crippen molar-refractivity contribution in [3.8, 4) is 0 Å².